The van der Waals surface area contributed by atoms with Crippen molar-refractivity contribution in [3.05, 3.63) is 79.2 Å². The second kappa shape index (κ2) is 10.9. The average molecular weight is 627 g/mol. The van der Waals surface area contributed by atoms with E-state index in [9.17, 15) is 14.4 Å². The Morgan fingerprint density at radius 1 is 0.974 bits per heavy atom. The molecule has 2 aromatic carbocycles. The molecular formula is C30H30INO6. The van der Waals surface area contributed by atoms with E-state index in [1.54, 1.807) is 24.3 Å². The van der Waals surface area contributed by atoms with E-state index < -0.39 is 11.9 Å². The van der Waals surface area contributed by atoms with Gasteiger partial charge in [0.2, 0.25) is 0 Å². The van der Waals surface area contributed by atoms with Crippen LogP contribution in [-0.2, 0) is 16.2 Å². The van der Waals surface area contributed by atoms with Gasteiger partial charge in [0, 0.05) is 48.3 Å². The Morgan fingerprint density at radius 3 is 2.13 bits per heavy atom. The number of rotatable bonds is 7. The van der Waals surface area contributed by atoms with Gasteiger partial charge >= 0.3 is 5.97 Å². The van der Waals surface area contributed by atoms with Gasteiger partial charge in [-0.1, -0.05) is 12.1 Å². The summed E-state index contributed by atoms with van der Waals surface area (Å²) in [4.78, 5) is 39.9. The normalized spacial score (nSPS) is 17.9. The smallest absolute Gasteiger partial charge is 0.335 e. The van der Waals surface area contributed by atoms with Gasteiger partial charge in [0.25, 0.3) is 0 Å². The molecule has 2 aromatic rings. The molecule has 198 valence electrons. The van der Waals surface area contributed by atoms with Crippen LogP contribution in [0.3, 0.4) is 0 Å². The van der Waals surface area contributed by atoms with E-state index in [0.717, 1.165) is 62.9 Å². The highest BCUT2D eigenvalue weighted by atomic mass is 127. The van der Waals surface area contributed by atoms with E-state index in [4.69, 9.17) is 14.6 Å². The Hall–Kier alpha value is -3.14. The number of halogens is 1. The van der Waals surface area contributed by atoms with Crippen LogP contribution in [-0.4, -0.2) is 41.2 Å². The number of aromatic carboxylic acids is 1. The van der Waals surface area contributed by atoms with E-state index in [1.807, 2.05) is 26.1 Å². The van der Waals surface area contributed by atoms with Gasteiger partial charge in [-0.2, -0.15) is 0 Å². The third kappa shape index (κ3) is 4.86. The maximum Gasteiger partial charge on any atom is 0.335 e. The molecule has 0 saturated carbocycles. The lowest BCUT2D eigenvalue weighted by Crippen LogP contribution is -2.37. The molecule has 5 rings (SSSR count). The Bertz CT molecular complexity index is 1330. The standard InChI is InChI=1S/C30H30INO6/c1-3-37-25-15-19(14-20(31)29(25)38-16-17-10-12-18(13-11-17)30(35)36)26-27-21(6-4-8-23(27)33)32(2)22-7-5-9-24(34)28(22)26/h10-15,26H,3-9,16H2,1-2H3,(H,35,36). The predicted octanol–water partition coefficient (Wildman–Crippen LogP) is 6.01. The fourth-order valence-corrected chi connectivity index (χ4v) is 6.52. The summed E-state index contributed by atoms with van der Waals surface area (Å²) < 4.78 is 13.0. The van der Waals surface area contributed by atoms with Crippen molar-refractivity contribution < 1.29 is 29.0 Å². The molecular weight excluding hydrogens is 597 g/mol. The van der Waals surface area contributed by atoms with Crippen molar-refractivity contribution in [3.63, 3.8) is 0 Å². The average Bonchev–Trinajstić information content (AvgIpc) is 2.90. The number of carbonyl (C=O) groups excluding carboxylic acids is 2. The van der Waals surface area contributed by atoms with Gasteiger partial charge in [-0.3, -0.25) is 9.59 Å². The topological polar surface area (TPSA) is 93.1 Å². The van der Waals surface area contributed by atoms with Crippen LogP contribution in [0.25, 0.3) is 0 Å². The summed E-state index contributed by atoms with van der Waals surface area (Å²) in [6.45, 7) is 2.57. The zero-order chi connectivity index (χ0) is 27.0. The number of hydrogen-bond donors (Lipinski definition) is 1. The zero-order valence-corrected chi connectivity index (χ0v) is 23.7. The van der Waals surface area contributed by atoms with Gasteiger partial charge in [-0.05, 0) is 90.6 Å². The molecule has 0 unspecified atom stereocenters. The third-order valence-electron chi connectivity index (χ3n) is 7.49. The first-order chi connectivity index (χ1) is 18.3. The number of Topliss-reactive ketones (excluding diaryl/α,β-unsaturated/α-hetero) is 2. The monoisotopic (exact) mass is 627 g/mol. The summed E-state index contributed by atoms with van der Waals surface area (Å²) >= 11 is 2.22. The molecule has 1 heterocycles. The van der Waals surface area contributed by atoms with Crippen molar-refractivity contribution in [1.29, 1.82) is 0 Å². The molecule has 0 fully saturated rings. The quantitative estimate of drug-likeness (QED) is 0.376. The van der Waals surface area contributed by atoms with Crippen LogP contribution in [0.2, 0.25) is 0 Å². The molecule has 0 bridgehead atoms. The van der Waals surface area contributed by atoms with Gasteiger partial charge in [-0.15, -0.1) is 0 Å². The zero-order valence-electron chi connectivity index (χ0n) is 21.5. The Labute approximate surface area is 235 Å². The molecule has 38 heavy (non-hydrogen) atoms. The molecule has 1 N–H and O–H groups in total. The number of ketones is 2. The van der Waals surface area contributed by atoms with Crippen LogP contribution >= 0.6 is 22.6 Å². The molecule has 0 spiro atoms. The van der Waals surface area contributed by atoms with E-state index in [2.05, 4.69) is 27.5 Å². The van der Waals surface area contributed by atoms with Crippen LogP contribution in [0, 0.1) is 3.57 Å². The van der Waals surface area contributed by atoms with Crippen molar-refractivity contribution in [2.75, 3.05) is 13.7 Å². The second-order valence-electron chi connectivity index (χ2n) is 9.82. The number of hydrogen-bond acceptors (Lipinski definition) is 6. The van der Waals surface area contributed by atoms with E-state index in [-0.39, 0.29) is 23.7 Å². The van der Waals surface area contributed by atoms with Gasteiger partial charge in [0.05, 0.1) is 15.7 Å². The Morgan fingerprint density at radius 2 is 1.58 bits per heavy atom. The molecule has 0 saturated heterocycles. The number of nitrogens with zero attached hydrogens (tertiary/aromatic N) is 1. The maximum atomic E-state index is 13.3. The SMILES string of the molecule is CCOc1cc(C2C3=C(CCCC3=O)N(C)C3=C2C(=O)CCC3)cc(I)c1OCc1ccc(C(=O)O)cc1. The van der Waals surface area contributed by atoms with Gasteiger partial charge in [-0.25, -0.2) is 4.79 Å². The lowest BCUT2D eigenvalue weighted by atomic mass is 9.71. The number of allylic oxidation sites excluding steroid dienone is 4. The highest BCUT2D eigenvalue weighted by Gasteiger charge is 2.42. The fourth-order valence-electron chi connectivity index (χ4n) is 5.74. The van der Waals surface area contributed by atoms with Crippen LogP contribution in [0.5, 0.6) is 11.5 Å². The molecule has 7 nitrogen and oxygen atoms in total. The number of carboxylic acid groups (broad SMARTS) is 1. The van der Waals surface area contributed by atoms with Gasteiger partial charge < -0.3 is 19.5 Å². The van der Waals surface area contributed by atoms with Crippen LogP contribution in [0.15, 0.2) is 58.9 Å². The number of benzene rings is 2. The predicted molar refractivity (Wildman–Crippen MR) is 150 cm³/mol. The van der Waals surface area contributed by atoms with Crippen molar-refractivity contribution >= 4 is 40.1 Å². The molecule has 1 aliphatic heterocycles. The van der Waals surface area contributed by atoms with E-state index in [0.29, 0.717) is 30.9 Å². The third-order valence-corrected chi connectivity index (χ3v) is 8.29. The first-order valence-electron chi connectivity index (χ1n) is 13.0. The molecule has 0 atom stereocenters. The number of ether oxygens (including phenoxy) is 2. The summed E-state index contributed by atoms with van der Waals surface area (Å²) in [5.41, 5.74) is 5.50. The van der Waals surface area contributed by atoms with Gasteiger partial charge in [0.1, 0.15) is 6.61 Å². The van der Waals surface area contributed by atoms with Crippen molar-refractivity contribution in [2.24, 2.45) is 0 Å². The summed E-state index contributed by atoms with van der Waals surface area (Å²) in [5.74, 6) is 0.00468. The van der Waals surface area contributed by atoms with Crippen molar-refractivity contribution in [1.82, 2.24) is 4.90 Å². The second-order valence-corrected chi connectivity index (χ2v) is 11.0. The first-order valence-corrected chi connectivity index (χ1v) is 14.1. The minimum Gasteiger partial charge on any atom is -0.490 e. The molecule has 8 heteroatoms. The lowest BCUT2D eigenvalue weighted by molar-refractivity contribution is -0.117. The number of carboxylic acids is 1. The molecule has 0 amide bonds. The maximum absolute atomic E-state index is 13.3. The van der Waals surface area contributed by atoms with Crippen molar-refractivity contribution in [2.45, 2.75) is 58.0 Å². The van der Waals surface area contributed by atoms with Gasteiger partial charge in [0.15, 0.2) is 23.1 Å². The highest BCUT2D eigenvalue weighted by Crippen LogP contribution is 2.50. The van der Waals surface area contributed by atoms with Crippen LogP contribution in [0.1, 0.15) is 72.9 Å². The molecule has 0 radical (unpaired) electrons. The lowest BCUT2D eigenvalue weighted by Gasteiger charge is -2.42. The van der Waals surface area contributed by atoms with Crippen molar-refractivity contribution in [3.8, 4) is 11.5 Å². The molecule has 2 aliphatic carbocycles. The minimum atomic E-state index is -0.973. The molecule has 3 aliphatic rings. The minimum absolute atomic E-state index is 0.117. The Kier molecular flexibility index (Phi) is 7.61. The largest absolute Gasteiger partial charge is 0.490 e. The van der Waals surface area contributed by atoms with E-state index >= 15 is 0 Å². The fraction of sp³-hybridized carbons (Fsp3) is 0.367. The van der Waals surface area contributed by atoms with Crippen LogP contribution in [0.4, 0.5) is 0 Å². The summed E-state index contributed by atoms with van der Waals surface area (Å²) in [5, 5.41) is 9.14. The van der Waals surface area contributed by atoms with Crippen LogP contribution < -0.4 is 9.47 Å². The van der Waals surface area contributed by atoms with E-state index in [1.165, 1.54) is 0 Å². The Balaban J connectivity index is 1.55. The number of carbonyl (C=O) groups is 3. The summed E-state index contributed by atoms with van der Waals surface area (Å²) in [6.07, 6.45) is 4.31. The first kappa shape index (κ1) is 26.5. The summed E-state index contributed by atoms with van der Waals surface area (Å²) in [6, 6.07) is 10.5. The highest BCUT2D eigenvalue weighted by molar-refractivity contribution is 14.1. The summed E-state index contributed by atoms with van der Waals surface area (Å²) in [7, 11) is 1.99. The molecule has 0 aromatic heterocycles.